The average Bonchev–Trinajstić information content (AvgIpc) is 2.30. The van der Waals surface area contributed by atoms with Crippen molar-refractivity contribution in [2.45, 2.75) is 45.4 Å². The lowest BCUT2D eigenvalue weighted by atomic mass is 9.97. The highest BCUT2D eigenvalue weighted by Gasteiger charge is 2.30. The first-order valence-electron chi connectivity index (χ1n) is 6.70. The molecular weight excluding hydrogens is 229 g/mol. The van der Waals surface area contributed by atoms with Crippen molar-refractivity contribution in [1.29, 1.82) is 0 Å². The highest BCUT2D eigenvalue weighted by atomic mass is 19.1. The minimum atomic E-state index is -0.186. The average molecular weight is 251 g/mol. The van der Waals surface area contributed by atoms with E-state index in [1.165, 1.54) is 6.07 Å². The fourth-order valence-electron chi connectivity index (χ4n) is 2.64. The van der Waals surface area contributed by atoms with Crippen molar-refractivity contribution >= 4 is 0 Å². The van der Waals surface area contributed by atoms with Crippen molar-refractivity contribution in [3.63, 3.8) is 0 Å². The maximum Gasteiger partial charge on any atom is 0.129 e. The lowest BCUT2D eigenvalue weighted by Gasteiger charge is -2.36. The predicted molar refractivity (Wildman–Crippen MR) is 70.9 cm³/mol. The number of benzene rings is 1. The summed E-state index contributed by atoms with van der Waals surface area (Å²) < 4.78 is 19.6. The van der Waals surface area contributed by atoms with Gasteiger partial charge in [-0.05, 0) is 25.3 Å². The molecule has 100 valence electrons. The fraction of sp³-hybridized carbons (Fsp3) is 0.600. The van der Waals surface area contributed by atoms with Crippen molar-refractivity contribution in [3.8, 4) is 0 Å². The SMILES string of the molecule is CC(C)CC1COC(c2ccccc2F)C(C)N1. The molecule has 3 unspecified atom stereocenters. The first-order chi connectivity index (χ1) is 8.58. The molecule has 1 aromatic carbocycles. The van der Waals surface area contributed by atoms with Crippen molar-refractivity contribution in [3.05, 3.63) is 35.6 Å². The fourth-order valence-corrected chi connectivity index (χ4v) is 2.64. The van der Waals surface area contributed by atoms with Gasteiger partial charge in [0.25, 0.3) is 0 Å². The smallest absolute Gasteiger partial charge is 0.129 e. The second-order valence-corrected chi connectivity index (χ2v) is 5.56. The molecule has 0 radical (unpaired) electrons. The molecule has 1 aliphatic heterocycles. The van der Waals surface area contributed by atoms with E-state index in [0.29, 0.717) is 24.1 Å². The summed E-state index contributed by atoms with van der Waals surface area (Å²) >= 11 is 0. The van der Waals surface area contributed by atoms with E-state index in [-0.39, 0.29) is 18.0 Å². The third kappa shape index (κ3) is 3.09. The minimum absolute atomic E-state index is 0.138. The van der Waals surface area contributed by atoms with Crippen molar-refractivity contribution in [1.82, 2.24) is 5.32 Å². The summed E-state index contributed by atoms with van der Waals surface area (Å²) in [5, 5.41) is 3.53. The van der Waals surface area contributed by atoms with Crippen molar-refractivity contribution in [2.75, 3.05) is 6.61 Å². The van der Waals surface area contributed by atoms with Gasteiger partial charge in [-0.1, -0.05) is 32.0 Å². The second kappa shape index (κ2) is 5.81. The van der Waals surface area contributed by atoms with E-state index >= 15 is 0 Å². The zero-order valence-corrected chi connectivity index (χ0v) is 11.3. The summed E-state index contributed by atoms with van der Waals surface area (Å²) in [7, 11) is 0. The molecule has 1 fully saturated rings. The van der Waals surface area contributed by atoms with Crippen LogP contribution in [0.3, 0.4) is 0 Å². The molecule has 0 spiro atoms. The quantitative estimate of drug-likeness (QED) is 0.890. The Balaban J connectivity index is 2.04. The molecule has 2 nitrogen and oxygen atoms in total. The van der Waals surface area contributed by atoms with Gasteiger partial charge >= 0.3 is 0 Å². The van der Waals surface area contributed by atoms with Gasteiger partial charge < -0.3 is 10.1 Å². The molecule has 3 heteroatoms. The molecule has 0 amide bonds. The van der Waals surface area contributed by atoms with Gasteiger partial charge in [-0.2, -0.15) is 0 Å². The van der Waals surface area contributed by atoms with Crippen LogP contribution >= 0.6 is 0 Å². The topological polar surface area (TPSA) is 21.3 Å². The monoisotopic (exact) mass is 251 g/mol. The van der Waals surface area contributed by atoms with E-state index in [1.807, 2.05) is 6.07 Å². The number of nitrogens with one attached hydrogen (secondary N) is 1. The second-order valence-electron chi connectivity index (χ2n) is 5.56. The maximum absolute atomic E-state index is 13.7. The van der Waals surface area contributed by atoms with Gasteiger partial charge in [-0.15, -0.1) is 0 Å². The van der Waals surface area contributed by atoms with E-state index in [1.54, 1.807) is 12.1 Å². The molecule has 1 saturated heterocycles. The Hall–Kier alpha value is -0.930. The lowest BCUT2D eigenvalue weighted by molar-refractivity contribution is -0.0301. The molecule has 1 aromatic rings. The Morgan fingerprint density at radius 2 is 2.11 bits per heavy atom. The number of hydrogen-bond donors (Lipinski definition) is 1. The lowest BCUT2D eigenvalue weighted by Crippen LogP contribution is -2.49. The molecular formula is C15H22FNO. The van der Waals surface area contributed by atoms with Crippen LogP contribution in [0, 0.1) is 11.7 Å². The van der Waals surface area contributed by atoms with Gasteiger partial charge in [0.2, 0.25) is 0 Å². The molecule has 0 aliphatic carbocycles. The van der Waals surface area contributed by atoms with Gasteiger partial charge in [0.15, 0.2) is 0 Å². The Labute approximate surface area is 109 Å². The zero-order chi connectivity index (χ0) is 13.1. The van der Waals surface area contributed by atoms with E-state index in [0.717, 1.165) is 6.42 Å². The van der Waals surface area contributed by atoms with Crippen LogP contribution in [-0.2, 0) is 4.74 Å². The van der Waals surface area contributed by atoms with Gasteiger partial charge in [-0.25, -0.2) is 4.39 Å². The standard InChI is InChI=1S/C15H22FNO/c1-10(2)8-12-9-18-15(11(3)17-12)13-6-4-5-7-14(13)16/h4-7,10-12,15,17H,8-9H2,1-3H3. The Morgan fingerprint density at radius 3 is 2.72 bits per heavy atom. The van der Waals surface area contributed by atoms with Gasteiger partial charge in [0, 0.05) is 17.6 Å². The number of hydrogen-bond acceptors (Lipinski definition) is 2. The Kier molecular flexibility index (Phi) is 4.36. The number of morpholine rings is 1. The van der Waals surface area contributed by atoms with Crippen molar-refractivity contribution < 1.29 is 9.13 Å². The molecule has 2 rings (SSSR count). The van der Waals surface area contributed by atoms with E-state index in [2.05, 4.69) is 26.1 Å². The molecule has 1 heterocycles. The summed E-state index contributed by atoms with van der Waals surface area (Å²) in [4.78, 5) is 0. The van der Waals surface area contributed by atoms with Gasteiger partial charge in [0.05, 0.1) is 6.61 Å². The Morgan fingerprint density at radius 1 is 1.39 bits per heavy atom. The van der Waals surface area contributed by atoms with Gasteiger partial charge in [-0.3, -0.25) is 0 Å². The van der Waals surface area contributed by atoms with E-state index in [4.69, 9.17) is 4.74 Å². The molecule has 3 atom stereocenters. The third-order valence-electron chi connectivity index (χ3n) is 3.40. The van der Waals surface area contributed by atoms with Crippen LogP contribution < -0.4 is 5.32 Å². The minimum Gasteiger partial charge on any atom is -0.370 e. The third-order valence-corrected chi connectivity index (χ3v) is 3.40. The van der Waals surface area contributed by atoms with E-state index in [9.17, 15) is 4.39 Å². The summed E-state index contributed by atoms with van der Waals surface area (Å²) in [6.07, 6.45) is 0.906. The molecule has 0 saturated carbocycles. The highest BCUT2D eigenvalue weighted by molar-refractivity contribution is 5.21. The largest absolute Gasteiger partial charge is 0.370 e. The summed E-state index contributed by atoms with van der Waals surface area (Å²) in [5.74, 6) is 0.460. The molecule has 1 aliphatic rings. The first-order valence-corrected chi connectivity index (χ1v) is 6.70. The summed E-state index contributed by atoms with van der Waals surface area (Å²) in [6.45, 7) is 7.12. The van der Waals surface area contributed by atoms with Crippen LogP contribution in [-0.4, -0.2) is 18.7 Å². The normalized spacial score (nSPS) is 28.6. The van der Waals surface area contributed by atoms with E-state index < -0.39 is 0 Å². The number of ether oxygens (including phenoxy) is 1. The number of rotatable bonds is 3. The van der Waals surface area contributed by atoms with Crippen LogP contribution in [0.2, 0.25) is 0 Å². The van der Waals surface area contributed by atoms with Crippen LogP contribution in [0.1, 0.15) is 38.9 Å². The highest BCUT2D eigenvalue weighted by Crippen LogP contribution is 2.28. The number of halogens is 1. The van der Waals surface area contributed by atoms with Crippen LogP contribution in [0.15, 0.2) is 24.3 Å². The van der Waals surface area contributed by atoms with Crippen LogP contribution in [0.25, 0.3) is 0 Å². The first kappa shape index (κ1) is 13.5. The summed E-state index contributed by atoms with van der Waals surface area (Å²) in [5.41, 5.74) is 0.653. The molecule has 1 N–H and O–H groups in total. The zero-order valence-electron chi connectivity index (χ0n) is 11.3. The van der Waals surface area contributed by atoms with Crippen molar-refractivity contribution in [2.24, 2.45) is 5.92 Å². The maximum atomic E-state index is 13.7. The Bertz CT molecular complexity index is 394. The van der Waals surface area contributed by atoms with Crippen LogP contribution in [0.5, 0.6) is 0 Å². The summed E-state index contributed by atoms with van der Waals surface area (Å²) in [6, 6.07) is 7.38. The van der Waals surface area contributed by atoms with Gasteiger partial charge in [0.1, 0.15) is 11.9 Å². The molecule has 0 aromatic heterocycles. The molecule has 18 heavy (non-hydrogen) atoms. The molecule has 0 bridgehead atoms. The predicted octanol–water partition coefficient (Wildman–Crippen LogP) is 3.29. The van der Waals surface area contributed by atoms with Crippen LogP contribution in [0.4, 0.5) is 4.39 Å².